The Balaban J connectivity index is 1.59. The monoisotopic (exact) mass is 334 g/mol. The lowest BCUT2D eigenvalue weighted by Gasteiger charge is -2.46. The van der Waals surface area contributed by atoms with Crippen LogP contribution in [0.5, 0.6) is 0 Å². The minimum atomic E-state index is -0.287. The highest BCUT2D eigenvalue weighted by Gasteiger charge is 2.62. The molecule has 2 aliphatic rings. The number of amides is 1. The molecule has 0 spiro atoms. The summed E-state index contributed by atoms with van der Waals surface area (Å²) in [6.45, 7) is 8.07. The summed E-state index contributed by atoms with van der Waals surface area (Å²) in [4.78, 5) is 17.3. The molecule has 2 aromatic carbocycles. The van der Waals surface area contributed by atoms with Gasteiger partial charge in [0.15, 0.2) is 0 Å². The molecule has 1 atom stereocenters. The van der Waals surface area contributed by atoms with Gasteiger partial charge in [0.05, 0.1) is 6.54 Å². The quantitative estimate of drug-likeness (QED) is 0.844. The van der Waals surface area contributed by atoms with E-state index in [1.165, 1.54) is 16.8 Å². The number of anilines is 1. The molecule has 1 amide bonds. The second kappa shape index (κ2) is 5.62. The van der Waals surface area contributed by atoms with E-state index in [0.717, 1.165) is 19.4 Å². The van der Waals surface area contributed by atoms with Crippen molar-refractivity contribution in [2.75, 3.05) is 18.0 Å². The second-order valence-corrected chi connectivity index (χ2v) is 7.88. The van der Waals surface area contributed by atoms with E-state index >= 15 is 0 Å². The first-order chi connectivity index (χ1) is 12.0. The van der Waals surface area contributed by atoms with Crippen LogP contribution >= 0.6 is 0 Å². The van der Waals surface area contributed by atoms with Gasteiger partial charge in [0, 0.05) is 17.6 Å². The third-order valence-electron chi connectivity index (χ3n) is 6.39. The van der Waals surface area contributed by atoms with E-state index in [2.05, 4.69) is 79.1 Å². The number of carbonyl (C=O) groups excluding carboxylic acids is 1. The Morgan fingerprint density at radius 1 is 0.960 bits per heavy atom. The summed E-state index contributed by atoms with van der Waals surface area (Å²) in [5.41, 5.74) is 3.52. The molecular weight excluding hydrogens is 308 g/mol. The van der Waals surface area contributed by atoms with Crippen LogP contribution in [-0.2, 0) is 16.6 Å². The van der Waals surface area contributed by atoms with Crippen molar-refractivity contribution in [2.45, 2.75) is 44.7 Å². The number of carbonyl (C=O) groups is 1. The molecule has 0 N–H and O–H groups in total. The number of fused-ring (bicyclic) bond motifs is 3. The lowest BCUT2D eigenvalue weighted by molar-refractivity contribution is -0.131. The molecule has 1 unspecified atom stereocenters. The predicted molar refractivity (Wildman–Crippen MR) is 102 cm³/mol. The number of benzene rings is 2. The maximum Gasteiger partial charge on any atom is 0.244 e. The fraction of sp³-hybridized carbons (Fsp3) is 0.409. The minimum Gasteiger partial charge on any atom is -0.338 e. The van der Waals surface area contributed by atoms with Crippen LogP contribution in [0.1, 0.15) is 38.3 Å². The predicted octanol–water partition coefficient (Wildman–Crippen LogP) is 3.98. The molecule has 0 aromatic heterocycles. The molecule has 3 heteroatoms. The van der Waals surface area contributed by atoms with Crippen LogP contribution in [0, 0.1) is 0 Å². The molecule has 0 aliphatic carbocycles. The fourth-order valence-corrected chi connectivity index (χ4v) is 4.68. The first-order valence-electron chi connectivity index (χ1n) is 9.18. The van der Waals surface area contributed by atoms with Crippen LogP contribution in [0.2, 0.25) is 0 Å². The molecule has 0 saturated carbocycles. The Bertz CT molecular complexity index is 799. The van der Waals surface area contributed by atoms with Gasteiger partial charge < -0.3 is 9.80 Å². The normalized spacial score (nSPS) is 23.7. The van der Waals surface area contributed by atoms with Crippen LogP contribution in [0.4, 0.5) is 5.69 Å². The van der Waals surface area contributed by atoms with Crippen molar-refractivity contribution >= 4 is 11.6 Å². The van der Waals surface area contributed by atoms with Gasteiger partial charge in [-0.25, -0.2) is 0 Å². The number of nitrogens with zero attached hydrogens (tertiary/aromatic N) is 2. The zero-order chi connectivity index (χ0) is 17.7. The number of para-hydroxylation sites is 1. The highest BCUT2D eigenvalue weighted by molar-refractivity contribution is 5.90. The first-order valence-corrected chi connectivity index (χ1v) is 9.18. The van der Waals surface area contributed by atoms with Gasteiger partial charge in [-0.3, -0.25) is 4.79 Å². The molecule has 0 bridgehead atoms. The third-order valence-corrected chi connectivity index (χ3v) is 6.39. The van der Waals surface area contributed by atoms with E-state index in [-0.39, 0.29) is 17.0 Å². The maximum atomic E-state index is 12.8. The van der Waals surface area contributed by atoms with E-state index in [4.69, 9.17) is 0 Å². The molecule has 2 aliphatic heterocycles. The Labute approximate surface area is 150 Å². The van der Waals surface area contributed by atoms with Gasteiger partial charge in [0.1, 0.15) is 5.66 Å². The number of hydrogen-bond donors (Lipinski definition) is 0. The summed E-state index contributed by atoms with van der Waals surface area (Å²) in [6, 6.07) is 19.1. The standard InChI is InChI=1S/C22H26N2O/c1-21(2)18-13-7-8-14-19(18)24-16-20(25)23(22(21,24)3)15-9-12-17-10-5-4-6-11-17/h4-8,10-11,13-14H,9,12,15-16H2,1-3H3. The molecule has 1 fully saturated rings. The van der Waals surface area contributed by atoms with E-state index in [9.17, 15) is 4.79 Å². The Hall–Kier alpha value is -2.29. The number of rotatable bonds is 4. The summed E-state index contributed by atoms with van der Waals surface area (Å²) in [6.07, 6.45) is 2.00. The van der Waals surface area contributed by atoms with Crippen LogP contribution in [0.25, 0.3) is 0 Å². The Morgan fingerprint density at radius 3 is 2.40 bits per heavy atom. The molecule has 1 saturated heterocycles. The second-order valence-electron chi connectivity index (χ2n) is 7.88. The van der Waals surface area contributed by atoms with Crippen molar-refractivity contribution in [1.29, 1.82) is 0 Å². The van der Waals surface area contributed by atoms with Gasteiger partial charge >= 0.3 is 0 Å². The average molecular weight is 334 g/mol. The van der Waals surface area contributed by atoms with E-state index < -0.39 is 0 Å². The Morgan fingerprint density at radius 2 is 1.64 bits per heavy atom. The summed E-state index contributed by atoms with van der Waals surface area (Å²) < 4.78 is 0. The van der Waals surface area contributed by atoms with Crippen LogP contribution in [0.3, 0.4) is 0 Å². The first kappa shape index (κ1) is 16.2. The van der Waals surface area contributed by atoms with Gasteiger partial charge in [-0.15, -0.1) is 0 Å². The lowest BCUT2D eigenvalue weighted by atomic mass is 9.76. The Kier molecular flexibility index (Phi) is 3.64. The molecule has 0 radical (unpaired) electrons. The van der Waals surface area contributed by atoms with Crippen LogP contribution in [-0.4, -0.2) is 29.6 Å². The average Bonchev–Trinajstić information content (AvgIpc) is 2.97. The van der Waals surface area contributed by atoms with Crippen molar-refractivity contribution in [2.24, 2.45) is 0 Å². The van der Waals surface area contributed by atoms with Crippen molar-refractivity contribution in [3.63, 3.8) is 0 Å². The van der Waals surface area contributed by atoms with E-state index in [1.807, 2.05) is 6.07 Å². The molecular formula is C22H26N2O. The topological polar surface area (TPSA) is 23.6 Å². The highest BCUT2D eigenvalue weighted by atomic mass is 16.2. The van der Waals surface area contributed by atoms with Gasteiger partial charge in [-0.05, 0) is 37.0 Å². The van der Waals surface area contributed by atoms with Crippen LogP contribution in [0.15, 0.2) is 54.6 Å². The maximum absolute atomic E-state index is 12.8. The highest BCUT2D eigenvalue weighted by Crippen LogP contribution is 2.55. The fourth-order valence-electron chi connectivity index (χ4n) is 4.68. The molecule has 25 heavy (non-hydrogen) atoms. The van der Waals surface area contributed by atoms with Crippen LogP contribution < -0.4 is 4.90 Å². The number of aryl methyl sites for hydroxylation is 1. The molecule has 2 aromatic rings. The zero-order valence-electron chi connectivity index (χ0n) is 15.3. The van der Waals surface area contributed by atoms with Gasteiger partial charge in [-0.2, -0.15) is 0 Å². The summed E-state index contributed by atoms with van der Waals surface area (Å²) in [5, 5.41) is 0. The molecule has 130 valence electrons. The largest absolute Gasteiger partial charge is 0.338 e. The zero-order valence-corrected chi connectivity index (χ0v) is 15.3. The van der Waals surface area contributed by atoms with Crippen molar-refractivity contribution < 1.29 is 4.79 Å². The van der Waals surface area contributed by atoms with Gasteiger partial charge in [-0.1, -0.05) is 62.4 Å². The van der Waals surface area contributed by atoms with Crippen molar-refractivity contribution in [3.05, 3.63) is 65.7 Å². The molecule has 3 nitrogen and oxygen atoms in total. The summed E-state index contributed by atoms with van der Waals surface area (Å²) in [5.74, 6) is 0.248. The van der Waals surface area contributed by atoms with E-state index in [0.29, 0.717) is 6.54 Å². The minimum absolute atomic E-state index is 0.0947. The molecule has 4 rings (SSSR count). The lowest BCUT2D eigenvalue weighted by Crippen LogP contribution is -2.59. The SMILES string of the molecule is CC1(C)c2ccccc2N2CC(=O)N(CCCc3ccccc3)C21C. The summed E-state index contributed by atoms with van der Waals surface area (Å²) >= 11 is 0. The molecule has 2 heterocycles. The number of hydrogen-bond acceptors (Lipinski definition) is 2. The van der Waals surface area contributed by atoms with E-state index in [1.54, 1.807) is 0 Å². The smallest absolute Gasteiger partial charge is 0.244 e. The van der Waals surface area contributed by atoms with Crippen molar-refractivity contribution in [3.8, 4) is 0 Å². The summed E-state index contributed by atoms with van der Waals surface area (Å²) in [7, 11) is 0. The van der Waals surface area contributed by atoms with Gasteiger partial charge in [0.2, 0.25) is 5.91 Å². The van der Waals surface area contributed by atoms with Gasteiger partial charge in [0.25, 0.3) is 0 Å². The third kappa shape index (κ3) is 2.21. The van der Waals surface area contributed by atoms with Crippen molar-refractivity contribution in [1.82, 2.24) is 4.90 Å².